The number of aliphatic carboxylic acids is 1. The van der Waals surface area contributed by atoms with Crippen LogP contribution in [0.25, 0.3) is 0 Å². The van der Waals surface area contributed by atoms with E-state index in [0.29, 0.717) is 0 Å². The summed E-state index contributed by atoms with van der Waals surface area (Å²) < 4.78 is 5.16. The lowest BCUT2D eigenvalue weighted by Gasteiger charge is -2.44. The molecule has 2 N–H and O–H groups in total. The molecule has 1 amide bonds. The highest BCUT2D eigenvalue weighted by molar-refractivity contribution is 5.98. The third-order valence-electron chi connectivity index (χ3n) is 3.39. The maximum Gasteiger partial charge on any atom is 0.407 e. The number of carboxylic acids is 1. The first-order chi connectivity index (χ1) is 8.98. The fraction of sp³-hybridized carbons (Fsp3) is 0.786. The van der Waals surface area contributed by atoms with Gasteiger partial charge < -0.3 is 15.2 Å². The van der Waals surface area contributed by atoms with Gasteiger partial charge in [0.1, 0.15) is 16.8 Å². The number of Topliss-reactive ketones (excluding diaryl/α,β-unsaturated/α-hetero) is 1. The maximum absolute atomic E-state index is 11.9. The molecule has 0 spiro atoms. The molecule has 0 radical (unpaired) electrons. The largest absolute Gasteiger partial charge is 0.481 e. The highest BCUT2D eigenvalue weighted by Gasteiger charge is 2.57. The zero-order valence-corrected chi connectivity index (χ0v) is 12.6. The van der Waals surface area contributed by atoms with Gasteiger partial charge in [-0.3, -0.25) is 9.59 Å². The van der Waals surface area contributed by atoms with Crippen LogP contribution >= 0.6 is 0 Å². The Hall–Kier alpha value is -1.59. The fourth-order valence-corrected chi connectivity index (χ4v) is 2.53. The van der Waals surface area contributed by atoms with Crippen molar-refractivity contribution in [2.24, 2.45) is 11.3 Å². The van der Waals surface area contributed by atoms with E-state index in [2.05, 4.69) is 5.32 Å². The van der Waals surface area contributed by atoms with Gasteiger partial charge in [0.25, 0.3) is 0 Å². The quantitative estimate of drug-likeness (QED) is 0.823. The topological polar surface area (TPSA) is 92.7 Å². The molecule has 0 saturated heterocycles. The van der Waals surface area contributed by atoms with Crippen molar-refractivity contribution in [1.29, 1.82) is 0 Å². The molecule has 0 heterocycles. The zero-order chi connectivity index (χ0) is 15.7. The Morgan fingerprint density at radius 1 is 1.30 bits per heavy atom. The fourth-order valence-electron chi connectivity index (χ4n) is 2.53. The Balaban J connectivity index is 2.87. The lowest BCUT2D eigenvalue weighted by Crippen LogP contribution is -2.61. The number of alkyl carbamates (subject to hydrolysis) is 1. The maximum atomic E-state index is 11.9. The lowest BCUT2D eigenvalue weighted by molar-refractivity contribution is -0.164. The SMILES string of the molecule is CC(C)C(NC(=O)OC(C)(C)C)C1(C(=O)O)CC(=O)C1. The van der Waals surface area contributed by atoms with Gasteiger partial charge in [-0.25, -0.2) is 4.79 Å². The number of rotatable bonds is 4. The standard InChI is InChI=1S/C14H23NO5/c1-8(2)10(15-12(19)20-13(3,4)5)14(11(17)18)6-9(16)7-14/h8,10H,6-7H2,1-5H3,(H,15,19)(H,17,18). The van der Waals surface area contributed by atoms with Crippen LogP contribution in [0.3, 0.4) is 0 Å². The summed E-state index contributed by atoms with van der Waals surface area (Å²) in [6.45, 7) is 8.83. The smallest absolute Gasteiger partial charge is 0.407 e. The molecule has 1 atom stereocenters. The molecule has 114 valence electrons. The van der Waals surface area contributed by atoms with Gasteiger partial charge in [0.2, 0.25) is 0 Å². The first-order valence-electron chi connectivity index (χ1n) is 6.72. The van der Waals surface area contributed by atoms with Gasteiger partial charge >= 0.3 is 12.1 Å². The molecular formula is C14H23NO5. The number of amides is 1. The van der Waals surface area contributed by atoms with E-state index in [1.54, 1.807) is 20.8 Å². The molecule has 1 fully saturated rings. The van der Waals surface area contributed by atoms with Crippen molar-refractivity contribution >= 4 is 17.8 Å². The Bertz CT molecular complexity index is 414. The van der Waals surface area contributed by atoms with E-state index in [4.69, 9.17) is 4.74 Å². The summed E-state index contributed by atoms with van der Waals surface area (Å²) in [4.78, 5) is 34.6. The van der Waals surface area contributed by atoms with Crippen LogP contribution in [0.1, 0.15) is 47.5 Å². The minimum Gasteiger partial charge on any atom is -0.481 e. The van der Waals surface area contributed by atoms with Crippen LogP contribution in [0, 0.1) is 11.3 Å². The average molecular weight is 285 g/mol. The summed E-state index contributed by atoms with van der Waals surface area (Å²) in [5.74, 6) is -1.26. The van der Waals surface area contributed by atoms with Gasteiger partial charge in [-0.1, -0.05) is 13.8 Å². The van der Waals surface area contributed by atoms with Crippen LogP contribution in [0.2, 0.25) is 0 Å². The van der Waals surface area contributed by atoms with Crippen molar-refractivity contribution in [3.63, 3.8) is 0 Å². The Labute approximate surface area is 118 Å². The number of ketones is 1. The monoisotopic (exact) mass is 285 g/mol. The number of carbonyl (C=O) groups is 3. The van der Waals surface area contributed by atoms with Gasteiger partial charge in [-0.2, -0.15) is 0 Å². The summed E-state index contributed by atoms with van der Waals surface area (Å²) in [6, 6.07) is -0.632. The number of ether oxygens (including phenoxy) is 1. The van der Waals surface area contributed by atoms with Crippen LogP contribution in [0.5, 0.6) is 0 Å². The van der Waals surface area contributed by atoms with Crippen molar-refractivity contribution in [1.82, 2.24) is 5.32 Å². The van der Waals surface area contributed by atoms with Crippen molar-refractivity contribution < 1.29 is 24.2 Å². The van der Waals surface area contributed by atoms with Crippen LogP contribution in [0.15, 0.2) is 0 Å². The lowest BCUT2D eigenvalue weighted by atomic mass is 9.60. The zero-order valence-electron chi connectivity index (χ0n) is 12.6. The van der Waals surface area contributed by atoms with E-state index in [-0.39, 0.29) is 24.5 Å². The number of nitrogens with one attached hydrogen (secondary N) is 1. The summed E-state index contributed by atoms with van der Waals surface area (Å²) in [6.07, 6.45) is -0.738. The Morgan fingerprint density at radius 3 is 2.10 bits per heavy atom. The first-order valence-corrected chi connectivity index (χ1v) is 6.72. The van der Waals surface area contributed by atoms with E-state index >= 15 is 0 Å². The predicted molar refractivity (Wildman–Crippen MR) is 72.3 cm³/mol. The molecule has 1 rings (SSSR count). The van der Waals surface area contributed by atoms with Crippen LogP contribution in [-0.2, 0) is 14.3 Å². The number of carbonyl (C=O) groups excluding carboxylic acids is 2. The van der Waals surface area contributed by atoms with E-state index in [1.807, 2.05) is 13.8 Å². The highest BCUT2D eigenvalue weighted by Crippen LogP contribution is 2.44. The second-order valence-electron chi connectivity index (χ2n) is 6.72. The molecule has 6 nitrogen and oxygen atoms in total. The molecule has 1 aliphatic rings. The summed E-state index contributed by atoms with van der Waals surface area (Å²) in [5, 5.41) is 12.0. The van der Waals surface area contributed by atoms with Gasteiger partial charge in [-0.05, 0) is 26.7 Å². The predicted octanol–water partition coefficient (Wildman–Crippen LogP) is 1.97. The van der Waals surface area contributed by atoms with Crippen molar-refractivity contribution in [2.75, 3.05) is 0 Å². The number of hydrogen-bond acceptors (Lipinski definition) is 4. The molecule has 20 heavy (non-hydrogen) atoms. The average Bonchev–Trinajstić information content (AvgIpc) is 2.18. The van der Waals surface area contributed by atoms with E-state index in [9.17, 15) is 19.5 Å². The molecule has 0 aromatic rings. The van der Waals surface area contributed by atoms with Crippen LogP contribution in [0.4, 0.5) is 4.79 Å². The van der Waals surface area contributed by atoms with Crippen LogP contribution < -0.4 is 5.32 Å². The molecule has 6 heteroatoms. The first kappa shape index (κ1) is 16.5. The summed E-state index contributed by atoms with van der Waals surface area (Å²) in [5.41, 5.74) is -1.86. The second-order valence-corrected chi connectivity index (χ2v) is 6.72. The van der Waals surface area contributed by atoms with E-state index < -0.39 is 29.1 Å². The van der Waals surface area contributed by atoms with Gasteiger partial charge in [0.05, 0.1) is 6.04 Å². The van der Waals surface area contributed by atoms with Gasteiger partial charge in [-0.15, -0.1) is 0 Å². The number of hydrogen-bond donors (Lipinski definition) is 2. The van der Waals surface area contributed by atoms with Crippen molar-refractivity contribution in [3.8, 4) is 0 Å². The Morgan fingerprint density at radius 2 is 1.80 bits per heavy atom. The molecule has 0 aliphatic heterocycles. The van der Waals surface area contributed by atoms with Gasteiger partial charge in [0.15, 0.2) is 0 Å². The second kappa shape index (κ2) is 5.42. The minimum absolute atomic E-state index is 0.0407. The third-order valence-corrected chi connectivity index (χ3v) is 3.39. The molecular weight excluding hydrogens is 262 g/mol. The molecule has 0 aromatic heterocycles. The summed E-state index contributed by atoms with van der Waals surface area (Å²) in [7, 11) is 0. The number of carboxylic acid groups (broad SMARTS) is 1. The van der Waals surface area contributed by atoms with Crippen molar-refractivity contribution in [3.05, 3.63) is 0 Å². The molecule has 1 aliphatic carbocycles. The third kappa shape index (κ3) is 3.49. The highest BCUT2D eigenvalue weighted by atomic mass is 16.6. The van der Waals surface area contributed by atoms with Crippen LogP contribution in [-0.4, -0.2) is 34.6 Å². The molecule has 0 bridgehead atoms. The molecule has 1 unspecified atom stereocenters. The normalized spacial score (nSPS) is 19.2. The van der Waals surface area contributed by atoms with E-state index in [1.165, 1.54) is 0 Å². The molecule has 1 saturated carbocycles. The van der Waals surface area contributed by atoms with E-state index in [0.717, 1.165) is 0 Å². The Kier molecular flexibility index (Phi) is 4.46. The summed E-state index contributed by atoms with van der Waals surface area (Å²) >= 11 is 0. The molecule has 0 aromatic carbocycles. The van der Waals surface area contributed by atoms with Crippen molar-refractivity contribution in [2.45, 2.75) is 59.1 Å². The minimum atomic E-state index is -1.21. The van der Waals surface area contributed by atoms with Gasteiger partial charge in [0, 0.05) is 12.8 Å².